The summed E-state index contributed by atoms with van der Waals surface area (Å²) < 4.78 is 10.3. The Morgan fingerprint density at radius 2 is 2.00 bits per heavy atom. The van der Waals surface area contributed by atoms with E-state index in [0.29, 0.717) is 13.0 Å². The van der Waals surface area contributed by atoms with Crippen molar-refractivity contribution in [3.8, 4) is 0 Å². The number of carbonyl (C=O) groups is 2. The number of rotatable bonds is 3. The molecule has 1 heterocycles. The molecule has 0 bridgehead atoms. The van der Waals surface area contributed by atoms with E-state index in [4.69, 9.17) is 9.47 Å². The van der Waals surface area contributed by atoms with E-state index in [1.807, 2.05) is 6.92 Å². The van der Waals surface area contributed by atoms with Gasteiger partial charge in [0.1, 0.15) is 11.6 Å². The highest BCUT2D eigenvalue weighted by Crippen LogP contribution is 2.26. The quantitative estimate of drug-likeness (QED) is 0.739. The molecule has 0 aromatic heterocycles. The molecule has 0 saturated heterocycles. The van der Waals surface area contributed by atoms with Crippen molar-refractivity contribution in [2.45, 2.75) is 59.1 Å². The van der Waals surface area contributed by atoms with Gasteiger partial charge in [0.25, 0.3) is 0 Å². The van der Waals surface area contributed by atoms with E-state index < -0.39 is 17.7 Å². The molecule has 1 aliphatic rings. The average Bonchev–Trinajstić information content (AvgIpc) is 2.71. The van der Waals surface area contributed by atoms with Crippen LogP contribution in [0.15, 0.2) is 11.8 Å². The minimum Gasteiger partial charge on any atom is -0.464 e. The fourth-order valence-corrected chi connectivity index (χ4v) is 1.85. The fraction of sp³-hybridized carbons (Fsp3) is 0.714. The van der Waals surface area contributed by atoms with Gasteiger partial charge in [0, 0.05) is 12.6 Å². The zero-order chi connectivity index (χ0) is 14.6. The molecule has 0 aromatic rings. The van der Waals surface area contributed by atoms with Crippen molar-refractivity contribution >= 4 is 12.1 Å². The summed E-state index contributed by atoms with van der Waals surface area (Å²) in [6.45, 7) is 9.44. The van der Waals surface area contributed by atoms with Gasteiger partial charge < -0.3 is 9.47 Å². The van der Waals surface area contributed by atoms with Crippen LogP contribution in [-0.4, -0.2) is 35.2 Å². The van der Waals surface area contributed by atoms with Crippen LogP contribution in [0.5, 0.6) is 0 Å². The Morgan fingerprint density at radius 1 is 1.37 bits per heavy atom. The van der Waals surface area contributed by atoms with Crippen molar-refractivity contribution in [3.63, 3.8) is 0 Å². The Morgan fingerprint density at radius 3 is 2.47 bits per heavy atom. The van der Waals surface area contributed by atoms with Crippen LogP contribution in [0.3, 0.4) is 0 Å². The topological polar surface area (TPSA) is 55.8 Å². The van der Waals surface area contributed by atoms with Crippen molar-refractivity contribution < 1.29 is 19.1 Å². The largest absolute Gasteiger partial charge is 0.464 e. The highest BCUT2D eigenvalue weighted by molar-refractivity contribution is 5.83. The van der Waals surface area contributed by atoms with Crippen LogP contribution < -0.4 is 0 Å². The lowest BCUT2D eigenvalue weighted by atomic mass is 10.1. The molecule has 0 unspecified atom stereocenters. The maximum absolute atomic E-state index is 12.1. The molecule has 5 nitrogen and oxygen atoms in total. The lowest BCUT2D eigenvalue weighted by Gasteiger charge is -2.26. The normalized spacial score (nSPS) is 19.1. The SMILES string of the molecule is CCOC(=O)[C@@H]1CC(CC)=CN1C(=O)OC(C)(C)C. The second kappa shape index (κ2) is 6.08. The van der Waals surface area contributed by atoms with Crippen LogP contribution in [0.2, 0.25) is 0 Å². The molecule has 1 aliphatic heterocycles. The van der Waals surface area contributed by atoms with Crippen LogP contribution in [0, 0.1) is 0 Å². The molecule has 0 radical (unpaired) electrons. The van der Waals surface area contributed by atoms with Crippen LogP contribution in [-0.2, 0) is 14.3 Å². The zero-order valence-electron chi connectivity index (χ0n) is 12.4. The molecular formula is C14H23NO4. The van der Waals surface area contributed by atoms with Gasteiger partial charge in [-0.05, 0) is 34.1 Å². The monoisotopic (exact) mass is 269 g/mol. The molecule has 1 rings (SSSR count). The number of esters is 1. The minimum absolute atomic E-state index is 0.305. The maximum Gasteiger partial charge on any atom is 0.415 e. The average molecular weight is 269 g/mol. The first-order valence-corrected chi connectivity index (χ1v) is 6.66. The van der Waals surface area contributed by atoms with Crippen LogP contribution in [0.4, 0.5) is 4.79 Å². The van der Waals surface area contributed by atoms with Crippen molar-refractivity contribution in [1.29, 1.82) is 0 Å². The van der Waals surface area contributed by atoms with Crippen LogP contribution >= 0.6 is 0 Å². The van der Waals surface area contributed by atoms with E-state index in [1.54, 1.807) is 33.9 Å². The van der Waals surface area contributed by atoms with E-state index in [1.165, 1.54) is 4.90 Å². The first-order valence-electron chi connectivity index (χ1n) is 6.66. The molecule has 0 aliphatic carbocycles. The van der Waals surface area contributed by atoms with Crippen molar-refractivity contribution in [1.82, 2.24) is 4.90 Å². The van der Waals surface area contributed by atoms with Crippen molar-refractivity contribution in [2.75, 3.05) is 6.61 Å². The summed E-state index contributed by atoms with van der Waals surface area (Å²) in [6, 6.07) is -0.593. The summed E-state index contributed by atoms with van der Waals surface area (Å²) in [5.74, 6) is -0.381. The fourth-order valence-electron chi connectivity index (χ4n) is 1.85. The van der Waals surface area contributed by atoms with E-state index in [0.717, 1.165) is 12.0 Å². The van der Waals surface area contributed by atoms with Gasteiger partial charge >= 0.3 is 12.1 Å². The third-order valence-electron chi connectivity index (χ3n) is 2.73. The summed E-state index contributed by atoms with van der Waals surface area (Å²) in [5, 5.41) is 0. The second-order valence-electron chi connectivity index (χ2n) is 5.50. The highest BCUT2D eigenvalue weighted by Gasteiger charge is 2.37. The molecule has 0 spiro atoms. The molecule has 0 saturated carbocycles. The Hall–Kier alpha value is -1.52. The molecule has 19 heavy (non-hydrogen) atoms. The smallest absolute Gasteiger partial charge is 0.415 e. The Labute approximate surface area is 114 Å². The van der Waals surface area contributed by atoms with Crippen LogP contribution in [0.1, 0.15) is 47.5 Å². The van der Waals surface area contributed by atoms with Gasteiger partial charge in [-0.25, -0.2) is 9.59 Å². The number of carbonyl (C=O) groups excluding carboxylic acids is 2. The second-order valence-corrected chi connectivity index (χ2v) is 5.50. The number of hydrogen-bond donors (Lipinski definition) is 0. The zero-order valence-corrected chi connectivity index (χ0v) is 12.4. The Balaban J connectivity index is 2.83. The maximum atomic E-state index is 12.1. The molecule has 108 valence electrons. The standard InChI is InChI=1S/C14H23NO4/c1-6-10-8-11(12(16)18-7-2)15(9-10)13(17)19-14(3,4)5/h9,11H,6-8H2,1-5H3/t11-/m0/s1. The summed E-state index contributed by atoms with van der Waals surface area (Å²) in [4.78, 5) is 25.3. The van der Waals surface area contributed by atoms with Gasteiger partial charge in [0.05, 0.1) is 6.61 Å². The third-order valence-corrected chi connectivity index (χ3v) is 2.73. The van der Waals surface area contributed by atoms with E-state index in [-0.39, 0.29) is 5.97 Å². The Bertz CT molecular complexity index is 381. The number of hydrogen-bond acceptors (Lipinski definition) is 4. The molecule has 0 fully saturated rings. The minimum atomic E-state index is -0.593. The molecule has 1 atom stereocenters. The molecular weight excluding hydrogens is 246 g/mol. The molecule has 0 aromatic carbocycles. The van der Waals surface area contributed by atoms with Gasteiger partial charge in [0.15, 0.2) is 0 Å². The van der Waals surface area contributed by atoms with Gasteiger partial charge in [-0.15, -0.1) is 0 Å². The number of ether oxygens (including phenoxy) is 2. The molecule has 1 amide bonds. The van der Waals surface area contributed by atoms with Crippen molar-refractivity contribution in [3.05, 3.63) is 11.8 Å². The predicted molar refractivity (Wildman–Crippen MR) is 71.5 cm³/mol. The van der Waals surface area contributed by atoms with E-state index >= 15 is 0 Å². The van der Waals surface area contributed by atoms with E-state index in [9.17, 15) is 9.59 Å². The third kappa shape index (κ3) is 4.26. The molecule has 5 heteroatoms. The first kappa shape index (κ1) is 15.5. The van der Waals surface area contributed by atoms with Crippen LogP contribution in [0.25, 0.3) is 0 Å². The van der Waals surface area contributed by atoms with Gasteiger partial charge in [-0.1, -0.05) is 12.5 Å². The van der Waals surface area contributed by atoms with Gasteiger partial charge in [0.2, 0.25) is 0 Å². The summed E-state index contributed by atoms with van der Waals surface area (Å²) in [6.07, 6.45) is 2.52. The lowest BCUT2D eigenvalue weighted by Crippen LogP contribution is -2.42. The Kier molecular flexibility index (Phi) is 4.97. The summed E-state index contributed by atoms with van der Waals surface area (Å²) in [7, 11) is 0. The predicted octanol–water partition coefficient (Wildman–Crippen LogP) is 2.85. The summed E-state index contributed by atoms with van der Waals surface area (Å²) in [5.41, 5.74) is 0.461. The van der Waals surface area contributed by atoms with Gasteiger partial charge in [-0.2, -0.15) is 0 Å². The molecule has 0 N–H and O–H groups in total. The number of amides is 1. The van der Waals surface area contributed by atoms with Gasteiger partial charge in [-0.3, -0.25) is 4.90 Å². The lowest BCUT2D eigenvalue weighted by molar-refractivity contribution is -0.147. The number of nitrogens with zero attached hydrogens (tertiary/aromatic N) is 1. The van der Waals surface area contributed by atoms with Crippen molar-refractivity contribution in [2.24, 2.45) is 0 Å². The van der Waals surface area contributed by atoms with E-state index in [2.05, 4.69) is 0 Å². The first-order chi connectivity index (χ1) is 8.78. The summed E-state index contributed by atoms with van der Waals surface area (Å²) >= 11 is 0. The highest BCUT2D eigenvalue weighted by atomic mass is 16.6.